The summed E-state index contributed by atoms with van der Waals surface area (Å²) in [7, 11) is 3.18. The summed E-state index contributed by atoms with van der Waals surface area (Å²) in [6.07, 6.45) is 1.73. The number of aryl methyl sites for hydroxylation is 1. The van der Waals surface area contributed by atoms with Gasteiger partial charge in [-0.15, -0.1) is 0 Å². The van der Waals surface area contributed by atoms with E-state index in [0.29, 0.717) is 22.9 Å². The molecule has 0 aliphatic heterocycles. The Hall–Kier alpha value is -2.20. The Balaban J connectivity index is 1.83. The first-order chi connectivity index (χ1) is 11.1. The van der Waals surface area contributed by atoms with Gasteiger partial charge in [-0.25, -0.2) is 0 Å². The number of halogens is 1. The molecule has 0 unspecified atom stereocenters. The second-order valence-electron chi connectivity index (χ2n) is 5.05. The topological polar surface area (TPSA) is 47.6 Å². The molecule has 0 heterocycles. The zero-order chi connectivity index (χ0) is 16.7. The molecule has 122 valence electrons. The third-order valence-electron chi connectivity index (χ3n) is 3.49. The Morgan fingerprint density at radius 2 is 1.83 bits per heavy atom. The van der Waals surface area contributed by atoms with Crippen molar-refractivity contribution >= 4 is 17.5 Å². The largest absolute Gasteiger partial charge is 0.497 e. The van der Waals surface area contributed by atoms with Crippen LogP contribution in [0.15, 0.2) is 42.5 Å². The van der Waals surface area contributed by atoms with Crippen molar-refractivity contribution < 1.29 is 14.3 Å². The van der Waals surface area contributed by atoms with E-state index in [1.165, 1.54) is 12.7 Å². The van der Waals surface area contributed by atoms with E-state index in [9.17, 15) is 4.79 Å². The van der Waals surface area contributed by atoms with Gasteiger partial charge in [-0.3, -0.25) is 4.79 Å². The number of carbonyl (C=O) groups excluding carboxylic acids is 1. The number of rotatable bonds is 7. The molecular formula is C18H20ClNO3. The van der Waals surface area contributed by atoms with E-state index in [0.717, 1.165) is 18.6 Å². The molecule has 0 aliphatic rings. The number of hydrogen-bond donors (Lipinski definition) is 1. The first kappa shape index (κ1) is 17.2. The molecule has 2 rings (SSSR count). The van der Waals surface area contributed by atoms with Crippen molar-refractivity contribution in [2.75, 3.05) is 20.8 Å². The molecule has 0 aromatic heterocycles. The van der Waals surface area contributed by atoms with Crippen molar-refractivity contribution in [1.82, 2.24) is 5.32 Å². The van der Waals surface area contributed by atoms with E-state index in [2.05, 4.69) is 5.32 Å². The van der Waals surface area contributed by atoms with Crippen LogP contribution in [-0.4, -0.2) is 26.7 Å². The molecule has 23 heavy (non-hydrogen) atoms. The van der Waals surface area contributed by atoms with E-state index in [1.54, 1.807) is 25.3 Å². The normalized spacial score (nSPS) is 10.2. The smallest absolute Gasteiger partial charge is 0.255 e. The van der Waals surface area contributed by atoms with Crippen molar-refractivity contribution in [3.8, 4) is 11.5 Å². The molecule has 1 N–H and O–H groups in total. The van der Waals surface area contributed by atoms with Crippen molar-refractivity contribution in [2.24, 2.45) is 0 Å². The Bertz CT molecular complexity index is 656. The lowest BCUT2D eigenvalue weighted by Crippen LogP contribution is -2.25. The standard InChI is InChI=1S/C18H20ClNO3/c1-22-15-8-5-13(6-9-15)4-3-11-20-18(21)16-12-14(19)7-10-17(16)23-2/h5-10,12H,3-4,11H2,1-2H3,(H,20,21). The summed E-state index contributed by atoms with van der Waals surface area (Å²) in [6.45, 7) is 0.584. The van der Waals surface area contributed by atoms with E-state index < -0.39 is 0 Å². The minimum Gasteiger partial charge on any atom is -0.497 e. The number of methoxy groups -OCH3 is 2. The number of nitrogens with one attached hydrogen (secondary N) is 1. The Morgan fingerprint density at radius 3 is 2.48 bits per heavy atom. The monoisotopic (exact) mass is 333 g/mol. The van der Waals surface area contributed by atoms with Gasteiger partial charge >= 0.3 is 0 Å². The second kappa shape index (κ2) is 8.44. The molecule has 2 aromatic carbocycles. The van der Waals surface area contributed by atoms with Gasteiger partial charge in [0.15, 0.2) is 0 Å². The predicted octanol–water partition coefficient (Wildman–Crippen LogP) is 3.72. The molecule has 2 aromatic rings. The average molecular weight is 334 g/mol. The van der Waals surface area contributed by atoms with Crippen LogP contribution in [0, 0.1) is 0 Å². The highest BCUT2D eigenvalue weighted by Gasteiger charge is 2.12. The fourth-order valence-electron chi connectivity index (χ4n) is 2.24. The van der Waals surface area contributed by atoms with Crippen LogP contribution in [0.5, 0.6) is 11.5 Å². The lowest BCUT2D eigenvalue weighted by Gasteiger charge is -2.10. The Kier molecular flexibility index (Phi) is 6.29. The van der Waals surface area contributed by atoms with Crippen molar-refractivity contribution in [3.05, 3.63) is 58.6 Å². The van der Waals surface area contributed by atoms with Crippen LogP contribution in [0.4, 0.5) is 0 Å². The number of benzene rings is 2. The molecular weight excluding hydrogens is 314 g/mol. The molecule has 0 radical (unpaired) electrons. The number of ether oxygens (including phenoxy) is 2. The number of hydrogen-bond acceptors (Lipinski definition) is 3. The van der Waals surface area contributed by atoms with Gasteiger partial charge in [0.25, 0.3) is 5.91 Å². The molecule has 0 bridgehead atoms. The van der Waals surface area contributed by atoms with Crippen molar-refractivity contribution in [1.29, 1.82) is 0 Å². The van der Waals surface area contributed by atoms with Crippen LogP contribution in [0.2, 0.25) is 5.02 Å². The molecule has 1 amide bonds. The van der Waals surface area contributed by atoms with Crippen LogP contribution >= 0.6 is 11.6 Å². The van der Waals surface area contributed by atoms with E-state index in [-0.39, 0.29) is 5.91 Å². The summed E-state index contributed by atoms with van der Waals surface area (Å²) in [5.74, 6) is 1.18. The van der Waals surface area contributed by atoms with Gasteiger partial charge in [-0.2, -0.15) is 0 Å². The van der Waals surface area contributed by atoms with Gasteiger partial charge in [0, 0.05) is 11.6 Å². The van der Waals surface area contributed by atoms with Crippen LogP contribution in [-0.2, 0) is 6.42 Å². The lowest BCUT2D eigenvalue weighted by atomic mass is 10.1. The number of carbonyl (C=O) groups is 1. The first-order valence-corrected chi connectivity index (χ1v) is 7.76. The molecule has 0 fully saturated rings. The maximum atomic E-state index is 12.2. The van der Waals surface area contributed by atoms with Crippen LogP contribution in [0.3, 0.4) is 0 Å². The summed E-state index contributed by atoms with van der Waals surface area (Å²) in [5.41, 5.74) is 1.66. The van der Waals surface area contributed by atoms with Gasteiger partial charge in [-0.05, 0) is 48.7 Å². The third kappa shape index (κ3) is 4.89. The van der Waals surface area contributed by atoms with Crippen molar-refractivity contribution in [2.45, 2.75) is 12.8 Å². The van der Waals surface area contributed by atoms with Gasteiger partial charge in [0.2, 0.25) is 0 Å². The molecule has 0 saturated carbocycles. The van der Waals surface area contributed by atoms with Gasteiger partial charge in [-0.1, -0.05) is 23.7 Å². The zero-order valence-electron chi connectivity index (χ0n) is 13.3. The van der Waals surface area contributed by atoms with Gasteiger partial charge in [0.05, 0.1) is 19.8 Å². The van der Waals surface area contributed by atoms with Crippen LogP contribution in [0.1, 0.15) is 22.3 Å². The second-order valence-corrected chi connectivity index (χ2v) is 5.49. The lowest BCUT2D eigenvalue weighted by molar-refractivity contribution is 0.0950. The third-order valence-corrected chi connectivity index (χ3v) is 3.73. The van der Waals surface area contributed by atoms with Gasteiger partial charge in [0.1, 0.15) is 11.5 Å². The minimum atomic E-state index is -0.181. The summed E-state index contributed by atoms with van der Waals surface area (Å²) in [5, 5.41) is 3.40. The highest BCUT2D eigenvalue weighted by molar-refractivity contribution is 6.31. The summed E-state index contributed by atoms with van der Waals surface area (Å²) < 4.78 is 10.3. The molecule has 0 spiro atoms. The van der Waals surface area contributed by atoms with E-state index in [4.69, 9.17) is 21.1 Å². The summed E-state index contributed by atoms with van der Waals surface area (Å²) in [4.78, 5) is 12.2. The van der Waals surface area contributed by atoms with Crippen LogP contribution < -0.4 is 14.8 Å². The quantitative estimate of drug-likeness (QED) is 0.785. The molecule has 5 heteroatoms. The Morgan fingerprint density at radius 1 is 1.09 bits per heavy atom. The maximum absolute atomic E-state index is 12.2. The summed E-state index contributed by atoms with van der Waals surface area (Å²) >= 11 is 5.94. The molecule has 4 nitrogen and oxygen atoms in total. The van der Waals surface area contributed by atoms with Gasteiger partial charge < -0.3 is 14.8 Å². The fourth-order valence-corrected chi connectivity index (χ4v) is 2.41. The summed E-state index contributed by atoms with van der Waals surface area (Å²) in [6, 6.07) is 12.9. The SMILES string of the molecule is COc1ccc(CCCNC(=O)c2cc(Cl)ccc2OC)cc1. The molecule has 0 aliphatic carbocycles. The maximum Gasteiger partial charge on any atom is 0.255 e. The Labute approximate surface area is 141 Å². The van der Waals surface area contributed by atoms with E-state index in [1.807, 2.05) is 24.3 Å². The van der Waals surface area contributed by atoms with Crippen LogP contribution in [0.25, 0.3) is 0 Å². The fraction of sp³-hybridized carbons (Fsp3) is 0.278. The zero-order valence-corrected chi connectivity index (χ0v) is 14.0. The molecule has 0 atom stereocenters. The average Bonchev–Trinajstić information content (AvgIpc) is 2.59. The predicted molar refractivity (Wildman–Crippen MR) is 91.7 cm³/mol. The molecule has 0 saturated heterocycles. The first-order valence-electron chi connectivity index (χ1n) is 7.38. The van der Waals surface area contributed by atoms with E-state index >= 15 is 0 Å². The highest BCUT2D eigenvalue weighted by Crippen LogP contribution is 2.22. The number of amides is 1. The van der Waals surface area contributed by atoms with Crippen molar-refractivity contribution in [3.63, 3.8) is 0 Å². The highest BCUT2D eigenvalue weighted by atomic mass is 35.5. The minimum absolute atomic E-state index is 0.181.